The molecule has 2 aromatic carbocycles. The SMILES string of the molecule is CCN1C/C(=C\c2ccccc2OC(C)C)c2nc3ccccc3c(C(=O)O)c2C1. The van der Waals surface area contributed by atoms with Crippen LogP contribution in [0.4, 0.5) is 0 Å². The quantitative estimate of drug-likeness (QED) is 0.644. The predicted molar refractivity (Wildman–Crippen MR) is 120 cm³/mol. The summed E-state index contributed by atoms with van der Waals surface area (Å²) in [5.41, 5.74) is 4.59. The molecule has 0 spiro atoms. The van der Waals surface area contributed by atoms with Crippen molar-refractivity contribution in [1.29, 1.82) is 0 Å². The topological polar surface area (TPSA) is 62.7 Å². The molecule has 0 fully saturated rings. The molecule has 2 heterocycles. The third-order valence-corrected chi connectivity index (χ3v) is 5.35. The number of pyridine rings is 1. The van der Waals surface area contributed by atoms with E-state index in [1.807, 2.05) is 62.4 Å². The van der Waals surface area contributed by atoms with Crippen molar-refractivity contribution in [3.8, 4) is 5.75 Å². The Morgan fingerprint density at radius 1 is 1.17 bits per heavy atom. The smallest absolute Gasteiger partial charge is 0.336 e. The first kappa shape index (κ1) is 20.1. The molecule has 0 bridgehead atoms. The van der Waals surface area contributed by atoms with Crippen LogP contribution in [0.25, 0.3) is 22.6 Å². The van der Waals surface area contributed by atoms with E-state index >= 15 is 0 Å². The van der Waals surface area contributed by atoms with Crippen molar-refractivity contribution in [2.45, 2.75) is 33.4 Å². The molecule has 1 aromatic heterocycles. The molecule has 1 N–H and O–H groups in total. The van der Waals surface area contributed by atoms with Gasteiger partial charge in [-0.05, 0) is 44.2 Å². The van der Waals surface area contributed by atoms with Crippen LogP contribution in [0.1, 0.15) is 48.0 Å². The molecule has 1 aliphatic heterocycles. The molecule has 4 rings (SSSR count). The largest absolute Gasteiger partial charge is 0.490 e. The Hall–Kier alpha value is -3.18. The summed E-state index contributed by atoms with van der Waals surface area (Å²) in [7, 11) is 0. The van der Waals surface area contributed by atoms with Crippen LogP contribution in [0, 0.1) is 0 Å². The third kappa shape index (κ3) is 3.81. The number of carbonyl (C=O) groups is 1. The van der Waals surface area contributed by atoms with Crippen LogP contribution < -0.4 is 4.74 Å². The molecular weight excluding hydrogens is 376 g/mol. The number of carboxylic acids is 1. The van der Waals surface area contributed by atoms with Crippen LogP contribution in [-0.2, 0) is 6.54 Å². The zero-order valence-corrected chi connectivity index (χ0v) is 17.6. The first-order valence-corrected chi connectivity index (χ1v) is 10.3. The monoisotopic (exact) mass is 402 g/mol. The molecule has 3 aromatic rings. The second kappa shape index (κ2) is 8.28. The number of likely N-dealkylation sites (N-methyl/N-ethyl adjacent to an activating group) is 1. The summed E-state index contributed by atoms with van der Waals surface area (Å²) in [6.07, 6.45) is 2.15. The van der Waals surface area contributed by atoms with Gasteiger partial charge in [-0.2, -0.15) is 0 Å². The normalized spacial score (nSPS) is 15.5. The van der Waals surface area contributed by atoms with Crippen molar-refractivity contribution < 1.29 is 14.6 Å². The lowest BCUT2D eigenvalue weighted by atomic mass is 9.92. The summed E-state index contributed by atoms with van der Waals surface area (Å²) in [5, 5.41) is 10.7. The van der Waals surface area contributed by atoms with Crippen LogP contribution in [0.3, 0.4) is 0 Å². The van der Waals surface area contributed by atoms with Crippen molar-refractivity contribution in [3.63, 3.8) is 0 Å². The van der Waals surface area contributed by atoms with Crippen LogP contribution in [0.15, 0.2) is 48.5 Å². The second-order valence-electron chi connectivity index (χ2n) is 7.81. The van der Waals surface area contributed by atoms with E-state index in [9.17, 15) is 9.90 Å². The Morgan fingerprint density at radius 2 is 1.90 bits per heavy atom. The summed E-state index contributed by atoms with van der Waals surface area (Å²) in [6.45, 7) is 8.22. The number of aromatic nitrogens is 1. The van der Waals surface area contributed by atoms with E-state index in [4.69, 9.17) is 9.72 Å². The summed E-state index contributed by atoms with van der Waals surface area (Å²) >= 11 is 0. The van der Waals surface area contributed by atoms with Crippen LogP contribution in [0.5, 0.6) is 5.75 Å². The molecule has 0 atom stereocenters. The van der Waals surface area contributed by atoms with Crippen LogP contribution >= 0.6 is 0 Å². The molecule has 0 saturated heterocycles. The number of hydrogen-bond acceptors (Lipinski definition) is 4. The maximum atomic E-state index is 12.2. The Balaban J connectivity index is 1.95. The van der Waals surface area contributed by atoms with Crippen molar-refractivity contribution >= 4 is 28.5 Å². The van der Waals surface area contributed by atoms with Gasteiger partial charge >= 0.3 is 5.97 Å². The Labute approximate surface area is 176 Å². The number of aromatic carboxylic acids is 1. The highest BCUT2D eigenvalue weighted by Crippen LogP contribution is 2.35. The summed E-state index contributed by atoms with van der Waals surface area (Å²) in [4.78, 5) is 19.4. The average molecular weight is 402 g/mol. The van der Waals surface area contributed by atoms with Crippen molar-refractivity contribution in [2.24, 2.45) is 0 Å². The summed E-state index contributed by atoms with van der Waals surface area (Å²) < 4.78 is 5.99. The molecule has 0 aliphatic carbocycles. The van der Waals surface area contributed by atoms with Gasteiger partial charge in [0.05, 0.1) is 22.9 Å². The van der Waals surface area contributed by atoms with Gasteiger partial charge in [-0.3, -0.25) is 4.90 Å². The van der Waals surface area contributed by atoms with Gasteiger partial charge in [0.1, 0.15) is 5.75 Å². The number of fused-ring (bicyclic) bond motifs is 2. The lowest BCUT2D eigenvalue weighted by molar-refractivity contribution is 0.0696. The van der Waals surface area contributed by atoms with Crippen molar-refractivity contribution in [2.75, 3.05) is 13.1 Å². The van der Waals surface area contributed by atoms with Crippen LogP contribution in [0.2, 0.25) is 0 Å². The number of ether oxygens (including phenoxy) is 1. The fraction of sp³-hybridized carbons (Fsp3) is 0.280. The summed E-state index contributed by atoms with van der Waals surface area (Å²) in [6, 6.07) is 15.4. The highest BCUT2D eigenvalue weighted by Gasteiger charge is 2.28. The van der Waals surface area contributed by atoms with Gasteiger partial charge in [0, 0.05) is 29.6 Å². The molecular formula is C25H26N2O3. The van der Waals surface area contributed by atoms with E-state index in [0.29, 0.717) is 29.6 Å². The maximum Gasteiger partial charge on any atom is 0.336 e. The van der Waals surface area contributed by atoms with Gasteiger partial charge in [-0.1, -0.05) is 43.3 Å². The van der Waals surface area contributed by atoms with E-state index in [0.717, 1.165) is 34.7 Å². The maximum absolute atomic E-state index is 12.2. The van der Waals surface area contributed by atoms with E-state index in [1.54, 1.807) is 0 Å². The highest BCUT2D eigenvalue weighted by atomic mass is 16.5. The molecule has 0 unspecified atom stereocenters. The van der Waals surface area contributed by atoms with Crippen LogP contribution in [-0.4, -0.2) is 40.2 Å². The number of benzene rings is 2. The molecule has 5 heteroatoms. The number of rotatable bonds is 5. The second-order valence-corrected chi connectivity index (χ2v) is 7.81. The lowest BCUT2D eigenvalue weighted by Gasteiger charge is -2.30. The minimum absolute atomic E-state index is 0.0658. The highest BCUT2D eigenvalue weighted by molar-refractivity contribution is 6.06. The number of carboxylic acid groups (broad SMARTS) is 1. The molecule has 0 saturated carbocycles. The minimum atomic E-state index is -0.911. The Bertz CT molecular complexity index is 1130. The first-order chi connectivity index (χ1) is 14.5. The zero-order chi connectivity index (χ0) is 21.3. The van der Waals surface area contributed by atoms with Crippen molar-refractivity contribution in [1.82, 2.24) is 9.88 Å². The summed E-state index contributed by atoms with van der Waals surface area (Å²) in [5.74, 6) is -0.0971. The minimum Gasteiger partial charge on any atom is -0.490 e. The average Bonchev–Trinajstić information content (AvgIpc) is 2.72. The predicted octanol–water partition coefficient (Wildman–Crippen LogP) is 5.10. The fourth-order valence-corrected chi connectivity index (χ4v) is 4.00. The van der Waals surface area contributed by atoms with Gasteiger partial charge in [-0.25, -0.2) is 9.78 Å². The lowest BCUT2D eigenvalue weighted by Crippen LogP contribution is -2.31. The Morgan fingerprint density at radius 3 is 2.63 bits per heavy atom. The van der Waals surface area contributed by atoms with Gasteiger partial charge in [0.25, 0.3) is 0 Å². The molecule has 0 radical (unpaired) electrons. The van der Waals surface area contributed by atoms with E-state index in [2.05, 4.69) is 17.9 Å². The number of para-hydroxylation sites is 2. The third-order valence-electron chi connectivity index (χ3n) is 5.35. The van der Waals surface area contributed by atoms with Gasteiger partial charge in [-0.15, -0.1) is 0 Å². The van der Waals surface area contributed by atoms with E-state index in [-0.39, 0.29) is 6.10 Å². The molecule has 5 nitrogen and oxygen atoms in total. The van der Waals surface area contributed by atoms with E-state index in [1.165, 1.54) is 0 Å². The van der Waals surface area contributed by atoms with Crippen molar-refractivity contribution in [3.05, 3.63) is 70.9 Å². The first-order valence-electron chi connectivity index (χ1n) is 10.3. The van der Waals surface area contributed by atoms with E-state index < -0.39 is 5.97 Å². The molecule has 0 amide bonds. The standard InChI is InChI=1S/C25H26N2O3/c1-4-27-14-18(13-17-9-5-8-12-22(17)30-16(2)3)24-20(15-27)23(25(28)29)19-10-6-7-11-21(19)26-24/h5-13,16H,4,14-15H2,1-3H3,(H,28,29)/b18-13+. The van der Waals surface area contributed by atoms with Gasteiger partial charge in [0.2, 0.25) is 0 Å². The number of hydrogen-bond donors (Lipinski definition) is 1. The zero-order valence-electron chi connectivity index (χ0n) is 17.6. The number of nitrogens with zero attached hydrogens (tertiary/aromatic N) is 2. The van der Waals surface area contributed by atoms with Gasteiger partial charge in [0.15, 0.2) is 0 Å². The fourth-order valence-electron chi connectivity index (χ4n) is 4.00. The van der Waals surface area contributed by atoms with Gasteiger partial charge < -0.3 is 9.84 Å². The molecule has 1 aliphatic rings. The molecule has 154 valence electrons. The molecule has 30 heavy (non-hydrogen) atoms. The Kier molecular flexibility index (Phi) is 5.55.